The van der Waals surface area contributed by atoms with Crippen LogP contribution in [-0.4, -0.2) is 31.5 Å². The molecule has 0 fully saturated rings. The summed E-state index contributed by atoms with van der Waals surface area (Å²) in [6, 6.07) is 4.84. The van der Waals surface area contributed by atoms with Crippen LogP contribution in [0.5, 0.6) is 5.75 Å². The van der Waals surface area contributed by atoms with E-state index in [9.17, 15) is 14.4 Å². The summed E-state index contributed by atoms with van der Waals surface area (Å²) in [6.45, 7) is 0.269. The molecule has 1 rings (SSSR count). The van der Waals surface area contributed by atoms with Crippen LogP contribution < -0.4 is 15.6 Å². The normalized spacial score (nSPS) is 9.87. The molecule has 1 aromatic rings. The number of benzene rings is 1. The van der Waals surface area contributed by atoms with Gasteiger partial charge in [0.1, 0.15) is 12.2 Å². The molecule has 9 heteroatoms. The molecule has 2 N–H and O–H groups in total. The van der Waals surface area contributed by atoms with Gasteiger partial charge in [0, 0.05) is 11.4 Å². The number of hydrazine groups is 1. The third-order valence-corrected chi connectivity index (χ3v) is 3.10. The van der Waals surface area contributed by atoms with E-state index in [1.807, 2.05) is 0 Å². The molecule has 0 saturated carbocycles. The topological polar surface area (TPSA) is 93.7 Å². The van der Waals surface area contributed by atoms with E-state index in [1.165, 1.54) is 7.11 Å². The number of hydrogen-bond acceptors (Lipinski definition) is 5. The average molecular weight is 363 g/mol. The molecule has 0 spiro atoms. The van der Waals surface area contributed by atoms with Crippen LogP contribution in [0.3, 0.4) is 0 Å². The lowest BCUT2D eigenvalue weighted by molar-refractivity contribution is -0.144. The summed E-state index contributed by atoms with van der Waals surface area (Å²) in [5, 5.41) is 0.890. The quantitative estimate of drug-likeness (QED) is 0.334. The number of esters is 1. The van der Waals surface area contributed by atoms with E-state index in [-0.39, 0.29) is 13.0 Å². The highest BCUT2D eigenvalue weighted by molar-refractivity contribution is 6.35. The fourth-order valence-corrected chi connectivity index (χ4v) is 1.92. The summed E-state index contributed by atoms with van der Waals surface area (Å²) >= 11 is 11.7. The predicted octanol–water partition coefficient (Wildman–Crippen LogP) is 1.86. The molecule has 0 saturated heterocycles. The van der Waals surface area contributed by atoms with Crippen molar-refractivity contribution in [3.63, 3.8) is 0 Å². The third kappa shape index (κ3) is 7.71. The molecule has 0 heterocycles. The number of carbonyl (C=O) groups is 3. The van der Waals surface area contributed by atoms with Gasteiger partial charge in [-0.2, -0.15) is 0 Å². The lowest BCUT2D eigenvalue weighted by Gasteiger charge is -2.09. The zero-order valence-electron chi connectivity index (χ0n) is 12.4. The largest absolute Gasteiger partial charge is 0.492 e. The molecular formula is C14H16Cl2N2O5. The Morgan fingerprint density at radius 1 is 1.13 bits per heavy atom. The van der Waals surface area contributed by atoms with Gasteiger partial charge in [-0.1, -0.05) is 23.2 Å². The van der Waals surface area contributed by atoms with Crippen LogP contribution in [0.2, 0.25) is 10.0 Å². The molecule has 0 aliphatic rings. The third-order valence-electron chi connectivity index (χ3n) is 2.57. The fourth-order valence-electron chi connectivity index (χ4n) is 1.46. The minimum absolute atomic E-state index is 0.129. The van der Waals surface area contributed by atoms with Crippen molar-refractivity contribution in [2.75, 3.05) is 13.7 Å². The lowest BCUT2D eigenvalue weighted by Crippen LogP contribution is -2.42. The molecule has 0 unspecified atom stereocenters. The average Bonchev–Trinajstić information content (AvgIpc) is 2.51. The van der Waals surface area contributed by atoms with Crippen LogP contribution >= 0.6 is 23.2 Å². The smallest absolute Gasteiger partial charge is 0.315 e. The Hall–Kier alpha value is -1.99. The zero-order valence-corrected chi connectivity index (χ0v) is 13.9. The zero-order chi connectivity index (χ0) is 17.2. The van der Waals surface area contributed by atoms with Crippen molar-refractivity contribution in [1.29, 1.82) is 0 Å². The Balaban J connectivity index is 2.19. The molecule has 0 aromatic heterocycles. The van der Waals surface area contributed by atoms with E-state index in [1.54, 1.807) is 18.2 Å². The second-order valence-electron chi connectivity index (χ2n) is 4.38. The number of hydrogen-bond donors (Lipinski definition) is 2. The molecule has 23 heavy (non-hydrogen) atoms. The van der Waals surface area contributed by atoms with Crippen molar-refractivity contribution in [1.82, 2.24) is 10.9 Å². The van der Waals surface area contributed by atoms with Gasteiger partial charge >= 0.3 is 5.97 Å². The minimum Gasteiger partial charge on any atom is -0.492 e. The van der Waals surface area contributed by atoms with Crippen molar-refractivity contribution in [2.24, 2.45) is 0 Å². The molecule has 7 nitrogen and oxygen atoms in total. The summed E-state index contributed by atoms with van der Waals surface area (Å²) in [6.07, 6.45) is 0.0797. The highest BCUT2D eigenvalue weighted by Crippen LogP contribution is 2.27. The van der Waals surface area contributed by atoms with Gasteiger partial charge in [-0.25, -0.2) is 0 Å². The standard InChI is InChI=1S/C14H16Cl2N2O5/c1-22-14(21)8-13(20)18-17-12(19)3-2-6-23-11-5-4-9(15)7-10(11)16/h4-5,7H,2-3,6,8H2,1H3,(H,17,19)(H,18,20). The van der Waals surface area contributed by atoms with E-state index in [0.717, 1.165) is 0 Å². The number of carbonyl (C=O) groups excluding carboxylic acids is 3. The number of halogens is 2. The van der Waals surface area contributed by atoms with E-state index >= 15 is 0 Å². The monoisotopic (exact) mass is 362 g/mol. The summed E-state index contributed by atoms with van der Waals surface area (Å²) in [5.41, 5.74) is 4.29. The van der Waals surface area contributed by atoms with Crippen LogP contribution in [0.25, 0.3) is 0 Å². The van der Waals surface area contributed by atoms with E-state index < -0.39 is 24.2 Å². The first-order valence-electron chi connectivity index (χ1n) is 6.64. The predicted molar refractivity (Wildman–Crippen MR) is 84.1 cm³/mol. The van der Waals surface area contributed by atoms with Crippen molar-refractivity contribution in [3.05, 3.63) is 28.2 Å². The first-order chi connectivity index (χ1) is 10.9. The van der Waals surface area contributed by atoms with Gasteiger partial charge < -0.3 is 9.47 Å². The van der Waals surface area contributed by atoms with Crippen LogP contribution in [0.15, 0.2) is 18.2 Å². The maximum absolute atomic E-state index is 11.5. The maximum Gasteiger partial charge on any atom is 0.315 e. The Bertz CT molecular complexity index is 580. The molecule has 0 atom stereocenters. The molecule has 1 aromatic carbocycles. The van der Waals surface area contributed by atoms with Gasteiger partial charge in [0.2, 0.25) is 11.8 Å². The Kier molecular flexibility index (Phi) is 8.21. The van der Waals surface area contributed by atoms with E-state index in [4.69, 9.17) is 27.9 Å². The molecule has 0 radical (unpaired) electrons. The van der Waals surface area contributed by atoms with Gasteiger partial charge in [0.25, 0.3) is 0 Å². The van der Waals surface area contributed by atoms with Crippen LogP contribution in [0.1, 0.15) is 19.3 Å². The molecule has 2 amide bonds. The van der Waals surface area contributed by atoms with Crippen LogP contribution in [-0.2, 0) is 19.1 Å². The minimum atomic E-state index is -0.690. The van der Waals surface area contributed by atoms with Crippen molar-refractivity contribution >= 4 is 41.0 Å². The van der Waals surface area contributed by atoms with E-state index in [0.29, 0.717) is 22.2 Å². The molecule has 0 bridgehead atoms. The highest BCUT2D eigenvalue weighted by Gasteiger charge is 2.10. The summed E-state index contributed by atoms with van der Waals surface area (Å²) in [5.74, 6) is -1.28. The Labute approximate surface area is 143 Å². The van der Waals surface area contributed by atoms with Crippen LogP contribution in [0.4, 0.5) is 0 Å². The number of rotatable bonds is 7. The van der Waals surface area contributed by atoms with Gasteiger partial charge in [-0.05, 0) is 24.6 Å². The highest BCUT2D eigenvalue weighted by atomic mass is 35.5. The first kappa shape index (κ1) is 19.1. The number of ether oxygens (including phenoxy) is 2. The van der Waals surface area contributed by atoms with E-state index in [2.05, 4.69) is 15.6 Å². The summed E-state index contributed by atoms with van der Waals surface area (Å²) < 4.78 is 9.73. The van der Waals surface area contributed by atoms with Gasteiger partial charge in [0.15, 0.2) is 0 Å². The molecule has 0 aliphatic heterocycles. The number of methoxy groups -OCH3 is 1. The number of nitrogens with one attached hydrogen (secondary N) is 2. The summed E-state index contributed by atoms with van der Waals surface area (Å²) in [4.78, 5) is 33.5. The van der Waals surface area contributed by atoms with Crippen molar-refractivity contribution in [2.45, 2.75) is 19.3 Å². The van der Waals surface area contributed by atoms with Crippen molar-refractivity contribution < 1.29 is 23.9 Å². The Morgan fingerprint density at radius 2 is 1.83 bits per heavy atom. The summed E-state index contributed by atoms with van der Waals surface area (Å²) in [7, 11) is 1.17. The van der Waals surface area contributed by atoms with Gasteiger partial charge in [-0.3, -0.25) is 25.2 Å². The molecular weight excluding hydrogens is 347 g/mol. The fraction of sp³-hybridized carbons (Fsp3) is 0.357. The van der Waals surface area contributed by atoms with Crippen LogP contribution in [0, 0.1) is 0 Å². The van der Waals surface area contributed by atoms with Gasteiger partial charge in [-0.15, -0.1) is 0 Å². The second kappa shape index (κ2) is 9.91. The molecule has 0 aliphatic carbocycles. The second-order valence-corrected chi connectivity index (χ2v) is 5.22. The van der Waals surface area contributed by atoms with Crippen molar-refractivity contribution in [3.8, 4) is 5.75 Å². The molecule has 126 valence electrons. The van der Waals surface area contributed by atoms with Gasteiger partial charge in [0.05, 0.1) is 18.7 Å². The first-order valence-corrected chi connectivity index (χ1v) is 7.40. The maximum atomic E-state index is 11.5. The number of amides is 2. The Morgan fingerprint density at radius 3 is 2.48 bits per heavy atom. The lowest BCUT2D eigenvalue weighted by atomic mass is 10.3. The SMILES string of the molecule is COC(=O)CC(=O)NNC(=O)CCCOc1ccc(Cl)cc1Cl.